The minimum atomic E-state index is -0.658. The van der Waals surface area contributed by atoms with Crippen molar-refractivity contribution in [3.63, 3.8) is 0 Å². The molecule has 0 spiro atoms. The van der Waals surface area contributed by atoms with E-state index in [1.807, 2.05) is 13.8 Å². The number of rotatable bonds is 6. The first kappa shape index (κ1) is 23.1. The first-order chi connectivity index (χ1) is 14.6. The van der Waals surface area contributed by atoms with Gasteiger partial charge in [-0.3, -0.25) is 9.59 Å². The lowest BCUT2D eigenvalue weighted by Gasteiger charge is -2.16. The van der Waals surface area contributed by atoms with Crippen molar-refractivity contribution in [1.82, 2.24) is 4.98 Å². The molecule has 162 valence electrons. The number of carbonyl (C=O) groups is 2. The Hall–Kier alpha value is -2.54. The molecule has 0 aliphatic rings. The zero-order valence-corrected chi connectivity index (χ0v) is 19.2. The van der Waals surface area contributed by atoms with E-state index in [2.05, 4.69) is 10.3 Å². The van der Waals surface area contributed by atoms with E-state index in [-0.39, 0.29) is 56.0 Å². The Morgan fingerprint density at radius 1 is 1.10 bits per heavy atom. The molecule has 0 amide bonds. The van der Waals surface area contributed by atoms with Gasteiger partial charge in [0.15, 0.2) is 5.78 Å². The molecular formula is C22H19Cl3N2O4. The van der Waals surface area contributed by atoms with E-state index >= 15 is 0 Å². The van der Waals surface area contributed by atoms with Crippen molar-refractivity contribution in [2.75, 3.05) is 12.4 Å². The molecule has 9 heteroatoms. The number of ether oxygens (including phenoxy) is 1. The second kappa shape index (κ2) is 9.30. The first-order valence-corrected chi connectivity index (χ1v) is 10.5. The summed E-state index contributed by atoms with van der Waals surface area (Å²) in [4.78, 5) is 41.7. The van der Waals surface area contributed by atoms with E-state index in [1.54, 1.807) is 12.1 Å². The van der Waals surface area contributed by atoms with Crippen LogP contribution in [0.15, 0.2) is 35.1 Å². The number of nitrogens with one attached hydrogen (secondary N) is 2. The Labute approximate surface area is 193 Å². The number of benzene rings is 2. The van der Waals surface area contributed by atoms with Crippen LogP contribution in [0.5, 0.6) is 0 Å². The van der Waals surface area contributed by atoms with Gasteiger partial charge >= 0.3 is 5.97 Å². The summed E-state index contributed by atoms with van der Waals surface area (Å²) in [6.07, 6.45) is 0.145. The van der Waals surface area contributed by atoms with Crippen molar-refractivity contribution < 1.29 is 14.3 Å². The average Bonchev–Trinajstić information content (AvgIpc) is 2.69. The highest BCUT2D eigenvalue weighted by Gasteiger charge is 2.24. The van der Waals surface area contributed by atoms with Gasteiger partial charge in [0.1, 0.15) is 11.4 Å². The summed E-state index contributed by atoms with van der Waals surface area (Å²) in [6.45, 7) is 3.75. The summed E-state index contributed by atoms with van der Waals surface area (Å²) in [5, 5.41) is 3.85. The summed E-state index contributed by atoms with van der Waals surface area (Å²) >= 11 is 18.5. The first-order valence-electron chi connectivity index (χ1n) is 9.36. The molecule has 3 rings (SSSR count). The highest BCUT2D eigenvalue weighted by atomic mass is 35.5. The van der Waals surface area contributed by atoms with Gasteiger partial charge in [-0.25, -0.2) is 4.79 Å². The van der Waals surface area contributed by atoms with Gasteiger partial charge in [-0.1, -0.05) is 48.7 Å². The third-order valence-corrected chi connectivity index (χ3v) is 5.44. The number of fused-ring (bicyclic) bond motifs is 1. The number of ketones is 1. The fourth-order valence-electron chi connectivity index (χ4n) is 3.19. The van der Waals surface area contributed by atoms with E-state index in [1.165, 1.54) is 25.3 Å². The van der Waals surface area contributed by atoms with Crippen molar-refractivity contribution >= 4 is 69.0 Å². The van der Waals surface area contributed by atoms with E-state index in [4.69, 9.17) is 39.5 Å². The standard InChI is InChI=1S/C22H19Cl3N2O4/c1-10(2)8-16(28)18-20(29)17-13(24)6-5-12(22(30)31-3)19(17)27-21(18)26-15-7-4-11(23)9-14(15)25/h4-7,9-10H,8H2,1-3H3,(H2,26,27,29). The van der Waals surface area contributed by atoms with Crippen molar-refractivity contribution in [3.05, 3.63) is 66.7 Å². The molecule has 1 aromatic heterocycles. The van der Waals surface area contributed by atoms with Gasteiger partial charge in [-0.05, 0) is 36.2 Å². The maximum absolute atomic E-state index is 13.4. The van der Waals surface area contributed by atoms with Gasteiger partial charge in [0.2, 0.25) is 5.43 Å². The fourth-order valence-corrected chi connectivity index (χ4v) is 3.89. The van der Waals surface area contributed by atoms with E-state index in [9.17, 15) is 14.4 Å². The lowest BCUT2D eigenvalue weighted by molar-refractivity contribution is 0.0602. The highest BCUT2D eigenvalue weighted by Crippen LogP contribution is 2.31. The summed E-state index contributed by atoms with van der Waals surface area (Å²) in [6, 6.07) is 7.62. The Morgan fingerprint density at radius 2 is 1.81 bits per heavy atom. The predicted molar refractivity (Wildman–Crippen MR) is 124 cm³/mol. The van der Waals surface area contributed by atoms with Crippen LogP contribution in [0.25, 0.3) is 10.9 Å². The molecule has 0 fully saturated rings. The van der Waals surface area contributed by atoms with Crippen molar-refractivity contribution in [2.24, 2.45) is 5.92 Å². The third kappa shape index (κ3) is 4.71. The molecule has 0 saturated carbocycles. The van der Waals surface area contributed by atoms with Gasteiger partial charge in [0.25, 0.3) is 0 Å². The van der Waals surface area contributed by atoms with Crippen molar-refractivity contribution in [3.8, 4) is 0 Å². The molecule has 0 saturated heterocycles. The van der Waals surface area contributed by atoms with Crippen LogP contribution in [-0.2, 0) is 4.74 Å². The molecule has 0 aliphatic carbocycles. The zero-order chi connectivity index (χ0) is 22.9. The second-order valence-electron chi connectivity index (χ2n) is 7.31. The third-order valence-electron chi connectivity index (χ3n) is 4.58. The summed E-state index contributed by atoms with van der Waals surface area (Å²) in [5.41, 5.74) is -0.0228. The smallest absolute Gasteiger partial charge is 0.340 e. The minimum Gasteiger partial charge on any atom is -0.465 e. The summed E-state index contributed by atoms with van der Waals surface area (Å²) in [5.74, 6) is -0.912. The topological polar surface area (TPSA) is 88.3 Å². The van der Waals surface area contributed by atoms with Crippen LogP contribution in [0, 0.1) is 5.92 Å². The second-order valence-corrected chi connectivity index (χ2v) is 8.56. The molecule has 0 bridgehead atoms. The zero-order valence-electron chi connectivity index (χ0n) is 16.9. The molecule has 2 N–H and O–H groups in total. The molecule has 0 unspecified atom stereocenters. The number of carbonyl (C=O) groups excluding carboxylic acids is 2. The number of hydrogen-bond donors (Lipinski definition) is 2. The number of esters is 1. The lowest BCUT2D eigenvalue weighted by atomic mass is 9.98. The molecule has 6 nitrogen and oxygen atoms in total. The van der Waals surface area contributed by atoms with Crippen LogP contribution in [0.3, 0.4) is 0 Å². The lowest BCUT2D eigenvalue weighted by Crippen LogP contribution is -2.21. The van der Waals surface area contributed by atoms with Gasteiger partial charge < -0.3 is 15.0 Å². The van der Waals surface area contributed by atoms with Crippen LogP contribution in [-0.4, -0.2) is 23.8 Å². The molecule has 0 atom stereocenters. The maximum atomic E-state index is 13.4. The van der Waals surface area contributed by atoms with E-state index in [0.717, 1.165) is 0 Å². The van der Waals surface area contributed by atoms with Crippen molar-refractivity contribution in [1.29, 1.82) is 0 Å². The number of pyridine rings is 1. The average molecular weight is 482 g/mol. The largest absolute Gasteiger partial charge is 0.465 e. The van der Waals surface area contributed by atoms with Gasteiger partial charge in [-0.15, -0.1) is 0 Å². The Balaban J connectivity index is 2.34. The van der Waals surface area contributed by atoms with Gasteiger partial charge in [-0.2, -0.15) is 0 Å². The van der Waals surface area contributed by atoms with Crippen LogP contribution in [0.4, 0.5) is 11.5 Å². The molecule has 0 radical (unpaired) electrons. The Kier molecular flexibility index (Phi) is 6.94. The van der Waals surface area contributed by atoms with Gasteiger partial charge in [0, 0.05) is 11.4 Å². The van der Waals surface area contributed by atoms with E-state index < -0.39 is 11.4 Å². The molecule has 0 aliphatic heterocycles. The minimum absolute atomic E-state index is 0.0199. The number of aromatic nitrogens is 1. The number of H-pyrrole nitrogens is 1. The van der Waals surface area contributed by atoms with Crippen LogP contribution < -0.4 is 10.7 Å². The van der Waals surface area contributed by atoms with Crippen molar-refractivity contribution in [2.45, 2.75) is 20.3 Å². The number of anilines is 2. The van der Waals surface area contributed by atoms with Crippen LogP contribution in [0.2, 0.25) is 15.1 Å². The number of aromatic amines is 1. The molecule has 31 heavy (non-hydrogen) atoms. The molecule has 2 aromatic carbocycles. The number of halogens is 3. The van der Waals surface area contributed by atoms with Crippen LogP contribution in [0.1, 0.15) is 41.0 Å². The Bertz CT molecular complexity index is 1250. The number of Topliss-reactive ketones (excluding diaryl/α,β-unsaturated/α-hetero) is 1. The normalized spacial score (nSPS) is 11.1. The van der Waals surface area contributed by atoms with Gasteiger partial charge in [0.05, 0.1) is 39.3 Å². The molecule has 3 aromatic rings. The quantitative estimate of drug-likeness (QED) is 0.321. The SMILES string of the molecule is COC(=O)c1ccc(Cl)c2c(=O)c(C(=O)CC(C)C)c(Nc3ccc(Cl)cc3Cl)[nH]c12. The molecule has 1 heterocycles. The molecular weight excluding hydrogens is 463 g/mol. The highest BCUT2D eigenvalue weighted by molar-refractivity contribution is 6.37. The number of hydrogen-bond acceptors (Lipinski definition) is 5. The summed E-state index contributed by atoms with van der Waals surface area (Å²) in [7, 11) is 1.23. The monoisotopic (exact) mass is 480 g/mol. The van der Waals surface area contributed by atoms with E-state index in [0.29, 0.717) is 10.7 Å². The van der Waals surface area contributed by atoms with Crippen LogP contribution >= 0.6 is 34.8 Å². The predicted octanol–water partition coefficient (Wildman–Crippen LogP) is 6.25. The fraction of sp³-hybridized carbons (Fsp3) is 0.227. The maximum Gasteiger partial charge on any atom is 0.340 e. The summed E-state index contributed by atoms with van der Waals surface area (Å²) < 4.78 is 4.82. The Morgan fingerprint density at radius 3 is 2.42 bits per heavy atom. The number of methoxy groups -OCH3 is 1.